The zero-order valence-corrected chi connectivity index (χ0v) is 11.9. The van der Waals surface area contributed by atoms with E-state index in [1.54, 1.807) is 9.58 Å². The topological polar surface area (TPSA) is 38.1 Å². The number of rotatable bonds is 4. The van der Waals surface area contributed by atoms with Crippen LogP contribution in [0.2, 0.25) is 0 Å². The summed E-state index contributed by atoms with van der Waals surface area (Å²) >= 11 is 0. The van der Waals surface area contributed by atoms with Gasteiger partial charge in [0.1, 0.15) is 0 Å². The SMILES string of the molecule is CN(C(=O)C1(Cc2ccccc2)CC1)c1ccn(C)n1. The largest absolute Gasteiger partial charge is 0.298 e. The van der Waals surface area contributed by atoms with Crippen LogP contribution >= 0.6 is 0 Å². The van der Waals surface area contributed by atoms with E-state index in [1.165, 1.54) is 5.56 Å². The van der Waals surface area contributed by atoms with E-state index in [0.717, 1.165) is 25.1 Å². The summed E-state index contributed by atoms with van der Waals surface area (Å²) in [5, 5.41) is 4.30. The van der Waals surface area contributed by atoms with Crippen molar-refractivity contribution in [2.75, 3.05) is 11.9 Å². The van der Waals surface area contributed by atoms with Gasteiger partial charge in [0.2, 0.25) is 5.91 Å². The molecule has 1 heterocycles. The lowest BCUT2D eigenvalue weighted by molar-refractivity contribution is -0.123. The van der Waals surface area contributed by atoms with Crippen LogP contribution in [0.15, 0.2) is 42.6 Å². The lowest BCUT2D eigenvalue weighted by Gasteiger charge is -2.21. The Morgan fingerprint density at radius 2 is 2.00 bits per heavy atom. The van der Waals surface area contributed by atoms with E-state index < -0.39 is 0 Å². The van der Waals surface area contributed by atoms with E-state index in [2.05, 4.69) is 17.2 Å². The van der Waals surface area contributed by atoms with Crippen LogP contribution in [0.3, 0.4) is 0 Å². The molecular formula is C16H19N3O. The zero-order chi connectivity index (χ0) is 14.2. The standard InChI is InChI=1S/C16H19N3O/c1-18-11-8-14(17-18)19(2)15(20)16(9-10-16)12-13-6-4-3-5-7-13/h3-8,11H,9-10,12H2,1-2H3. The number of hydrogen-bond acceptors (Lipinski definition) is 2. The van der Waals surface area contributed by atoms with Crippen LogP contribution in [-0.4, -0.2) is 22.7 Å². The number of amides is 1. The van der Waals surface area contributed by atoms with Gasteiger partial charge in [-0.05, 0) is 24.8 Å². The van der Waals surface area contributed by atoms with Gasteiger partial charge in [0.25, 0.3) is 0 Å². The highest BCUT2D eigenvalue weighted by Crippen LogP contribution is 2.50. The van der Waals surface area contributed by atoms with Crippen molar-refractivity contribution in [1.82, 2.24) is 9.78 Å². The fraction of sp³-hybridized carbons (Fsp3) is 0.375. The molecule has 1 saturated carbocycles. The molecule has 0 saturated heterocycles. The van der Waals surface area contributed by atoms with Crippen LogP contribution in [0.5, 0.6) is 0 Å². The molecule has 0 atom stereocenters. The minimum absolute atomic E-state index is 0.181. The van der Waals surface area contributed by atoms with Crippen LogP contribution in [0.4, 0.5) is 5.82 Å². The van der Waals surface area contributed by atoms with Crippen molar-refractivity contribution in [2.24, 2.45) is 12.5 Å². The predicted molar refractivity (Wildman–Crippen MR) is 78.4 cm³/mol. The molecule has 0 bridgehead atoms. The first-order valence-corrected chi connectivity index (χ1v) is 6.92. The third-order valence-corrected chi connectivity index (χ3v) is 4.04. The molecule has 0 unspecified atom stereocenters. The van der Waals surface area contributed by atoms with Crippen LogP contribution in [0.1, 0.15) is 18.4 Å². The summed E-state index contributed by atoms with van der Waals surface area (Å²) in [4.78, 5) is 14.4. The number of aryl methyl sites for hydroxylation is 1. The summed E-state index contributed by atoms with van der Waals surface area (Å²) < 4.78 is 1.72. The molecule has 1 aliphatic rings. The second-order valence-electron chi connectivity index (χ2n) is 5.65. The van der Waals surface area contributed by atoms with Gasteiger partial charge < -0.3 is 0 Å². The maximum atomic E-state index is 12.7. The molecule has 4 nitrogen and oxygen atoms in total. The molecule has 20 heavy (non-hydrogen) atoms. The van der Waals surface area contributed by atoms with E-state index in [-0.39, 0.29) is 11.3 Å². The van der Waals surface area contributed by atoms with E-state index in [1.807, 2.05) is 44.6 Å². The van der Waals surface area contributed by atoms with Gasteiger partial charge in [-0.15, -0.1) is 0 Å². The number of benzene rings is 1. The van der Waals surface area contributed by atoms with E-state index in [0.29, 0.717) is 0 Å². The Balaban J connectivity index is 1.76. The fourth-order valence-electron chi connectivity index (χ4n) is 2.65. The predicted octanol–water partition coefficient (Wildman–Crippen LogP) is 2.41. The van der Waals surface area contributed by atoms with Gasteiger partial charge in [-0.1, -0.05) is 30.3 Å². The van der Waals surface area contributed by atoms with Crippen molar-refractivity contribution in [1.29, 1.82) is 0 Å². The average molecular weight is 269 g/mol. The van der Waals surface area contributed by atoms with Gasteiger partial charge in [-0.25, -0.2) is 0 Å². The lowest BCUT2D eigenvalue weighted by atomic mass is 9.95. The molecule has 1 aliphatic carbocycles. The summed E-state index contributed by atoms with van der Waals surface area (Å²) in [6.07, 6.45) is 4.62. The summed E-state index contributed by atoms with van der Waals surface area (Å²) in [6, 6.07) is 12.1. The molecule has 0 N–H and O–H groups in total. The van der Waals surface area contributed by atoms with E-state index in [4.69, 9.17) is 0 Å². The first kappa shape index (κ1) is 12.9. The molecule has 0 spiro atoms. The molecule has 0 radical (unpaired) electrons. The smallest absolute Gasteiger partial charge is 0.234 e. The number of hydrogen-bond donors (Lipinski definition) is 0. The molecule has 2 aromatic rings. The first-order chi connectivity index (χ1) is 9.61. The Hall–Kier alpha value is -2.10. The summed E-state index contributed by atoms with van der Waals surface area (Å²) in [5.41, 5.74) is 1.01. The maximum Gasteiger partial charge on any atom is 0.234 e. The van der Waals surface area contributed by atoms with Crippen LogP contribution < -0.4 is 4.90 Å². The number of anilines is 1. The third kappa shape index (κ3) is 2.33. The lowest BCUT2D eigenvalue weighted by Crippen LogP contribution is -2.35. The van der Waals surface area contributed by atoms with Gasteiger partial charge in [-0.2, -0.15) is 5.10 Å². The Morgan fingerprint density at radius 1 is 1.30 bits per heavy atom. The average Bonchev–Trinajstić information content (AvgIpc) is 3.11. The maximum absolute atomic E-state index is 12.7. The van der Waals surface area contributed by atoms with Crippen molar-refractivity contribution < 1.29 is 4.79 Å². The number of nitrogens with zero attached hydrogens (tertiary/aromatic N) is 3. The van der Waals surface area contributed by atoms with Crippen molar-refractivity contribution in [2.45, 2.75) is 19.3 Å². The third-order valence-electron chi connectivity index (χ3n) is 4.04. The summed E-state index contributed by atoms with van der Waals surface area (Å²) in [6.45, 7) is 0. The quantitative estimate of drug-likeness (QED) is 0.855. The van der Waals surface area contributed by atoms with Crippen LogP contribution in [0.25, 0.3) is 0 Å². The van der Waals surface area contributed by atoms with Gasteiger partial charge in [-0.3, -0.25) is 14.4 Å². The molecule has 1 aromatic heterocycles. The normalized spacial score (nSPS) is 15.9. The highest BCUT2D eigenvalue weighted by Gasteiger charge is 2.51. The fourth-order valence-corrected chi connectivity index (χ4v) is 2.65. The highest BCUT2D eigenvalue weighted by atomic mass is 16.2. The summed E-state index contributed by atoms with van der Waals surface area (Å²) in [5.74, 6) is 0.900. The van der Waals surface area contributed by atoms with Crippen molar-refractivity contribution in [3.05, 3.63) is 48.2 Å². The Morgan fingerprint density at radius 3 is 2.55 bits per heavy atom. The van der Waals surface area contributed by atoms with Crippen molar-refractivity contribution in [3.63, 3.8) is 0 Å². The molecular weight excluding hydrogens is 250 g/mol. The number of carbonyl (C=O) groups is 1. The minimum Gasteiger partial charge on any atom is -0.298 e. The van der Waals surface area contributed by atoms with Gasteiger partial charge in [0.15, 0.2) is 5.82 Å². The monoisotopic (exact) mass is 269 g/mol. The Kier molecular flexibility index (Phi) is 3.08. The van der Waals surface area contributed by atoms with Gasteiger partial charge in [0, 0.05) is 26.4 Å². The molecule has 0 aliphatic heterocycles. The van der Waals surface area contributed by atoms with E-state index >= 15 is 0 Å². The molecule has 4 heteroatoms. The highest BCUT2D eigenvalue weighted by molar-refractivity contribution is 5.98. The molecule has 3 rings (SSSR count). The number of aromatic nitrogens is 2. The minimum atomic E-state index is -0.215. The van der Waals surface area contributed by atoms with E-state index in [9.17, 15) is 4.79 Å². The van der Waals surface area contributed by atoms with Crippen molar-refractivity contribution in [3.8, 4) is 0 Å². The van der Waals surface area contributed by atoms with Crippen LogP contribution in [0, 0.1) is 5.41 Å². The summed E-state index contributed by atoms with van der Waals surface area (Å²) in [7, 11) is 3.68. The second-order valence-corrected chi connectivity index (χ2v) is 5.65. The molecule has 104 valence electrons. The second kappa shape index (κ2) is 4.78. The Bertz CT molecular complexity index is 614. The van der Waals surface area contributed by atoms with Crippen LogP contribution in [-0.2, 0) is 18.3 Å². The zero-order valence-electron chi connectivity index (χ0n) is 11.9. The first-order valence-electron chi connectivity index (χ1n) is 6.92. The van der Waals surface area contributed by atoms with Crippen molar-refractivity contribution >= 4 is 11.7 Å². The molecule has 1 amide bonds. The molecule has 1 aromatic carbocycles. The molecule has 1 fully saturated rings. The number of carbonyl (C=O) groups excluding carboxylic acids is 1. The van der Waals surface area contributed by atoms with Gasteiger partial charge >= 0.3 is 0 Å². The van der Waals surface area contributed by atoms with Gasteiger partial charge in [0.05, 0.1) is 5.41 Å². The Labute approximate surface area is 119 Å².